The van der Waals surface area contributed by atoms with Crippen LogP contribution in [0.5, 0.6) is 0 Å². The van der Waals surface area contributed by atoms with Crippen LogP contribution >= 0.6 is 0 Å². The number of benzene rings is 1. The van der Waals surface area contributed by atoms with Crippen molar-refractivity contribution in [2.75, 3.05) is 27.2 Å². The molecule has 0 radical (unpaired) electrons. The summed E-state index contributed by atoms with van der Waals surface area (Å²) in [5.41, 5.74) is 0.894. The molecule has 0 N–H and O–H groups in total. The van der Waals surface area contributed by atoms with Crippen molar-refractivity contribution in [1.82, 2.24) is 9.80 Å². The molecule has 0 aromatic heterocycles. The Hall–Kier alpha value is -1.42. The second kappa shape index (κ2) is 8.28. The summed E-state index contributed by atoms with van der Waals surface area (Å²) >= 11 is 0. The van der Waals surface area contributed by atoms with E-state index in [1.165, 1.54) is 44.2 Å². The molecule has 0 aliphatic heterocycles. The first-order chi connectivity index (χ1) is 10.5. The highest BCUT2D eigenvalue weighted by atomic mass is 19.1. The molecule has 0 bridgehead atoms. The molecule has 1 amide bonds. The summed E-state index contributed by atoms with van der Waals surface area (Å²) in [7, 11) is 3.80. The summed E-state index contributed by atoms with van der Waals surface area (Å²) in [6.07, 6.45) is 6.43. The second-order valence-electron chi connectivity index (χ2n) is 6.58. The third-order valence-electron chi connectivity index (χ3n) is 4.43. The summed E-state index contributed by atoms with van der Waals surface area (Å²) in [5, 5.41) is 0. The largest absolute Gasteiger partial charge is 0.344 e. The van der Waals surface area contributed by atoms with Crippen LogP contribution in [0.1, 0.15) is 37.7 Å². The highest BCUT2D eigenvalue weighted by Crippen LogP contribution is 2.24. The predicted octanol–water partition coefficient (Wildman–Crippen LogP) is 3.30. The van der Waals surface area contributed by atoms with Gasteiger partial charge in [-0.25, -0.2) is 4.39 Å². The van der Waals surface area contributed by atoms with Crippen molar-refractivity contribution in [3.05, 3.63) is 35.6 Å². The average molecular weight is 306 g/mol. The Balaban J connectivity index is 1.77. The van der Waals surface area contributed by atoms with Crippen molar-refractivity contribution in [3.63, 3.8) is 0 Å². The molecule has 22 heavy (non-hydrogen) atoms. The van der Waals surface area contributed by atoms with Crippen molar-refractivity contribution in [3.8, 4) is 0 Å². The quantitative estimate of drug-likeness (QED) is 0.805. The van der Waals surface area contributed by atoms with Crippen molar-refractivity contribution >= 4 is 5.91 Å². The fourth-order valence-electron chi connectivity index (χ4n) is 3.21. The SMILES string of the molecule is CN(CC(=O)N(C)CC1CCCCC1)Cc1cccc(F)c1. The minimum atomic E-state index is -0.230. The Bertz CT molecular complexity index is 486. The summed E-state index contributed by atoms with van der Waals surface area (Å²) in [6, 6.07) is 6.55. The molecule has 1 aliphatic rings. The lowest BCUT2D eigenvalue weighted by molar-refractivity contribution is -0.131. The minimum absolute atomic E-state index is 0.143. The predicted molar refractivity (Wildman–Crippen MR) is 86.9 cm³/mol. The Kier molecular flexibility index (Phi) is 6.37. The first kappa shape index (κ1) is 16.9. The van der Waals surface area contributed by atoms with E-state index in [2.05, 4.69) is 0 Å². The third kappa shape index (κ3) is 5.41. The molecule has 1 aromatic rings. The van der Waals surface area contributed by atoms with E-state index in [-0.39, 0.29) is 11.7 Å². The van der Waals surface area contributed by atoms with Gasteiger partial charge < -0.3 is 4.90 Å². The lowest BCUT2D eigenvalue weighted by Gasteiger charge is -2.28. The molecule has 3 nitrogen and oxygen atoms in total. The van der Waals surface area contributed by atoms with Crippen LogP contribution in [0.2, 0.25) is 0 Å². The molecule has 4 heteroatoms. The molecule has 1 aliphatic carbocycles. The first-order valence-corrected chi connectivity index (χ1v) is 8.21. The summed E-state index contributed by atoms with van der Waals surface area (Å²) < 4.78 is 13.2. The number of nitrogens with zero attached hydrogens (tertiary/aromatic N) is 2. The van der Waals surface area contributed by atoms with E-state index < -0.39 is 0 Å². The van der Waals surface area contributed by atoms with Crippen molar-refractivity contribution in [2.45, 2.75) is 38.6 Å². The molecular formula is C18H27FN2O. The van der Waals surface area contributed by atoms with Gasteiger partial charge in [-0.05, 0) is 43.5 Å². The molecule has 1 fully saturated rings. The van der Waals surface area contributed by atoms with Gasteiger partial charge in [-0.3, -0.25) is 9.69 Å². The van der Waals surface area contributed by atoms with Gasteiger partial charge in [-0.2, -0.15) is 0 Å². The first-order valence-electron chi connectivity index (χ1n) is 8.21. The standard InChI is InChI=1S/C18H27FN2O/c1-20(12-16-9-6-10-17(19)11-16)14-18(22)21(2)13-15-7-4-3-5-8-15/h6,9-11,15H,3-5,7-8,12-14H2,1-2H3. The Labute approximate surface area is 133 Å². The van der Waals surface area contributed by atoms with E-state index in [1.807, 2.05) is 30.0 Å². The molecule has 122 valence electrons. The van der Waals surface area contributed by atoms with Gasteiger partial charge in [0.15, 0.2) is 0 Å². The van der Waals surface area contributed by atoms with Crippen LogP contribution < -0.4 is 0 Å². The van der Waals surface area contributed by atoms with Crippen LogP contribution in [0, 0.1) is 11.7 Å². The highest BCUT2D eigenvalue weighted by Gasteiger charge is 2.19. The molecule has 0 heterocycles. The van der Waals surface area contributed by atoms with Gasteiger partial charge in [0, 0.05) is 20.1 Å². The van der Waals surface area contributed by atoms with E-state index in [9.17, 15) is 9.18 Å². The zero-order chi connectivity index (χ0) is 15.9. The number of hydrogen-bond acceptors (Lipinski definition) is 2. The molecule has 0 spiro atoms. The Morgan fingerprint density at radius 2 is 1.95 bits per heavy atom. The van der Waals surface area contributed by atoms with Gasteiger partial charge in [-0.1, -0.05) is 31.4 Å². The van der Waals surface area contributed by atoms with Crippen LogP contribution in [0.3, 0.4) is 0 Å². The zero-order valence-corrected chi connectivity index (χ0v) is 13.7. The average Bonchev–Trinajstić information content (AvgIpc) is 2.48. The van der Waals surface area contributed by atoms with Gasteiger partial charge in [0.25, 0.3) is 0 Å². The number of carbonyl (C=O) groups excluding carboxylic acids is 1. The monoisotopic (exact) mass is 306 g/mol. The number of amides is 1. The van der Waals surface area contributed by atoms with Gasteiger partial charge in [0.2, 0.25) is 5.91 Å². The number of hydrogen-bond donors (Lipinski definition) is 0. The van der Waals surface area contributed by atoms with E-state index in [4.69, 9.17) is 0 Å². The van der Waals surface area contributed by atoms with E-state index in [0.717, 1.165) is 12.1 Å². The highest BCUT2D eigenvalue weighted by molar-refractivity contribution is 5.77. The molecule has 0 atom stereocenters. The van der Waals surface area contributed by atoms with E-state index >= 15 is 0 Å². The van der Waals surface area contributed by atoms with Gasteiger partial charge >= 0.3 is 0 Å². The van der Waals surface area contributed by atoms with Crippen LogP contribution in [0.25, 0.3) is 0 Å². The van der Waals surface area contributed by atoms with Crippen LogP contribution in [0.4, 0.5) is 4.39 Å². The van der Waals surface area contributed by atoms with Gasteiger partial charge in [-0.15, -0.1) is 0 Å². The van der Waals surface area contributed by atoms with Crippen LogP contribution in [-0.4, -0.2) is 42.9 Å². The van der Waals surface area contributed by atoms with E-state index in [0.29, 0.717) is 19.0 Å². The van der Waals surface area contributed by atoms with Crippen molar-refractivity contribution in [2.24, 2.45) is 5.92 Å². The smallest absolute Gasteiger partial charge is 0.236 e. The van der Waals surface area contributed by atoms with Gasteiger partial charge in [0.05, 0.1) is 6.54 Å². The third-order valence-corrected chi connectivity index (χ3v) is 4.43. The zero-order valence-electron chi connectivity index (χ0n) is 13.7. The maximum Gasteiger partial charge on any atom is 0.236 e. The lowest BCUT2D eigenvalue weighted by Crippen LogP contribution is -2.39. The molecule has 1 aromatic carbocycles. The normalized spacial score (nSPS) is 16.0. The maximum absolute atomic E-state index is 13.2. The van der Waals surface area contributed by atoms with Gasteiger partial charge in [0.1, 0.15) is 5.82 Å². The number of likely N-dealkylation sites (N-methyl/N-ethyl adjacent to an activating group) is 2. The minimum Gasteiger partial charge on any atom is -0.344 e. The number of rotatable bonds is 6. The van der Waals surface area contributed by atoms with Crippen LogP contribution in [0.15, 0.2) is 24.3 Å². The maximum atomic E-state index is 13.2. The van der Waals surface area contributed by atoms with Crippen molar-refractivity contribution in [1.29, 1.82) is 0 Å². The van der Waals surface area contributed by atoms with Crippen molar-refractivity contribution < 1.29 is 9.18 Å². The fourth-order valence-corrected chi connectivity index (χ4v) is 3.21. The Morgan fingerprint density at radius 1 is 1.23 bits per heavy atom. The molecule has 1 saturated carbocycles. The molecule has 2 rings (SSSR count). The summed E-state index contributed by atoms with van der Waals surface area (Å²) in [5.74, 6) is 0.576. The number of halogens is 1. The molecule has 0 saturated heterocycles. The number of carbonyl (C=O) groups is 1. The van der Waals surface area contributed by atoms with E-state index in [1.54, 1.807) is 6.07 Å². The Morgan fingerprint density at radius 3 is 2.64 bits per heavy atom. The molecular weight excluding hydrogens is 279 g/mol. The van der Waals surface area contributed by atoms with Crippen LogP contribution in [-0.2, 0) is 11.3 Å². The topological polar surface area (TPSA) is 23.6 Å². The lowest BCUT2D eigenvalue weighted by atomic mass is 9.89. The second-order valence-corrected chi connectivity index (χ2v) is 6.58. The molecule has 0 unspecified atom stereocenters. The summed E-state index contributed by atoms with van der Waals surface area (Å²) in [6.45, 7) is 1.83. The summed E-state index contributed by atoms with van der Waals surface area (Å²) in [4.78, 5) is 16.1. The fraction of sp³-hybridized carbons (Fsp3) is 0.611.